The molecule has 0 radical (unpaired) electrons. The zero-order chi connectivity index (χ0) is 10.6. The predicted octanol–water partition coefficient (Wildman–Crippen LogP) is 1.71. The first kappa shape index (κ1) is 10.4. The van der Waals surface area contributed by atoms with E-state index in [1.54, 1.807) is 18.2 Å². The molecule has 0 aromatic heterocycles. The van der Waals surface area contributed by atoms with Crippen molar-refractivity contribution >= 4 is 23.3 Å². The highest BCUT2D eigenvalue weighted by Crippen LogP contribution is 2.22. The summed E-state index contributed by atoms with van der Waals surface area (Å²) in [6.45, 7) is -0.241. The molecule has 0 saturated heterocycles. The number of anilines is 1. The lowest BCUT2D eigenvalue weighted by Crippen LogP contribution is -2.13. The summed E-state index contributed by atoms with van der Waals surface area (Å²) in [4.78, 5) is 10.3. The molecule has 4 nitrogen and oxygen atoms in total. The lowest BCUT2D eigenvalue weighted by atomic mass is 10.2. The molecule has 0 atom stereocenters. The van der Waals surface area contributed by atoms with Crippen molar-refractivity contribution in [1.82, 2.24) is 0 Å². The highest BCUT2D eigenvalue weighted by Gasteiger charge is 2.06. The molecule has 2 N–H and O–H groups in total. The van der Waals surface area contributed by atoms with Crippen LogP contribution in [0.15, 0.2) is 18.2 Å². The molecule has 0 heterocycles. The van der Waals surface area contributed by atoms with E-state index in [-0.39, 0.29) is 12.1 Å². The summed E-state index contributed by atoms with van der Waals surface area (Å²) in [7, 11) is 0. The first-order valence-electron chi connectivity index (χ1n) is 3.79. The third-order valence-corrected chi connectivity index (χ3v) is 1.87. The van der Waals surface area contributed by atoms with E-state index in [0.29, 0.717) is 10.7 Å². The Bertz CT molecular complexity index is 398. The van der Waals surface area contributed by atoms with Crippen LogP contribution in [0.1, 0.15) is 5.56 Å². The average molecular weight is 211 g/mol. The SMILES string of the molecule is N#Cc1c(Cl)cccc1NCC(=O)O. The number of hydrogen-bond acceptors (Lipinski definition) is 3. The molecule has 0 amide bonds. The lowest BCUT2D eigenvalue weighted by molar-refractivity contribution is -0.134. The van der Waals surface area contributed by atoms with Crippen molar-refractivity contribution in [2.24, 2.45) is 0 Å². The zero-order valence-electron chi connectivity index (χ0n) is 7.12. The topological polar surface area (TPSA) is 73.1 Å². The van der Waals surface area contributed by atoms with E-state index in [1.807, 2.05) is 6.07 Å². The van der Waals surface area contributed by atoms with Crippen molar-refractivity contribution in [2.45, 2.75) is 0 Å². The Morgan fingerprint density at radius 2 is 2.36 bits per heavy atom. The number of nitriles is 1. The Morgan fingerprint density at radius 1 is 1.64 bits per heavy atom. The minimum atomic E-state index is -0.992. The van der Waals surface area contributed by atoms with Crippen molar-refractivity contribution < 1.29 is 9.90 Å². The van der Waals surface area contributed by atoms with E-state index in [2.05, 4.69) is 5.32 Å². The van der Waals surface area contributed by atoms with Gasteiger partial charge in [-0.15, -0.1) is 0 Å². The van der Waals surface area contributed by atoms with Crippen molar-refractivity contribution in [2.75, 3.05) is 11.9 Å². The van der Waals surface area contributed by atoms with Crippen molar-refractivity contribution in [1.29, 1.82) is 5.26 Å². The summed E-state index contributed by atoms with van der Waals surface area (Å²) in [6.07, 6.45) is 0. The molecular formula is C9H7ClN2O2. The van der Waals surface area contributed by atoms with Crippen LogP contribution in [-0.2, 0) is 4.79 Å². The van der Waals surface area contributed by atoms with E-state index in [0.717, 1.165) is 0 Å². The normalized spacial score (nSPS) is 9.14. The van der Waals surface area contributed by atoms with Crippen molar-refractivity contribution in [3.8, 4) is 6.07 Å². The van der Waals surface area contributed by atoms with Gasteiger partial charge in [-0.1, -0.05) is 17.7 Å². The van der Waals surface area contributed by atoms with Crippen LogP contribution in [0.5, 0.6) is 0 Å². The first-order valence-corrected chi connectivity index (χ1v) is 4.17. The van der Waals surface area contributed by atoms with Gasteiger partial charge in [0.15, 0.2) is 0 Å². The summed E-state index contributed by atoms with van der Waals surface area (Å²) < 4.78 is 0. The van der Waals surface area contributed by atoms with Crippen LogP contribution in [0.2, 0.25) is 5.02 Å². The van der Waals surface area contributed by atoms with Crippen LogP contribution in [-0.4, -0.2) is 17.6 Å². The molecule has 0 aliphatic carbocycles. The third kappa shape index (κ3) is 2.38. The molecule has 1 aromatic rings. The van der Waals surface area contributed by atoms with Gasteiger partial charge in [0.25, 0.3) is 0 Å². The number of hydrogen-bond donors (Lipinski definition) is 2. The second-order valence-corrected chi connectivity index (χ2v) is 2.93. The minimum Gasteiger partial charge on any atom is -0.480 e. The van der Waals surface area contributed by atoms with E-state index < -0.39 is 5.97 Å². The summed E-state index contributed by atoms with van der Waals surface area (Å²) in [5.41, 5.74) is 0.692. The van der Waals surface area contributed by atoms with Gasteiger partial charge >= 0.3 is 5.97 Å². The van der Waals surface area contributed by atoms with Gasteiger partial charge in [-0.05, 0) is 12.1 Å². The Morgan fingerprint density at radius 3 is 2.93 bits per heavy atom. The Hall–Kier alpha value is -1.73. The van der Waals surface area contributed by atoms with E-state index in [9.17, 15) is 4.79 Å². The molecule has 0 aliphatic heterocycles. The molecule has 1 rings (SSSR count). The number of aliphatic carboxylic acids is 1. The second-order valence-electron chi connectivity index (χ2n) is 2.52. The molecule has 0 bridgehead atoms. The Balaban J connectivity index is 2.92. The molecule has 72 valence electrons. The predicted molar refractivity (Wildman–Crippen MR) is 52.3 cm³/mol. The molecule has 0 saturated carbocycles. The summed E-state index contributed by atoms with van der Waals surface area (Å²) >= 11 is 5.73. The number of benzene rings is 1. The quantitative estimate of drug-likeness (QED) is 0.797. The summed E-state index contributed by atoms with van der Waals surface area (Å²) in [5, 5.41) is 20.1. The molecule has 14 heavy (non-hydrogen) atoms. The van der Waals surface area contributed by atoms with Crippen molar-refractivity contribution in [3.63, 3.8) is 0 Å². The number of rotatable bonds is 3. The molecule has 0 unspecified atom stereocenters. The fraction of sp³-hybridized carbons (Fsp3) is 0.111. The minimum absolute atomic E-state index is 0.241. The van der Waals surface area contributed by atoms with Crippen LogP contribution in [0.3, 0.4) is 0 Å². The van der Waals surface area contributed by atoms with Crippen LogP contribution in [0.4, 0.5) is 5.69 Å². The van der Waals surface area contributed by atoms with E-state index in [1.165, 1.54) is 0 Å². The number of carboxylic acids is 1. The van der Waals surface area contributed by atoms with E-state index in [4.69, 9.17) is 22.0 Å². The van der Waals surface area contributed by atoms with Gasteiger partial charge in [0.1, 0.15) is 12.6 Å². The van der Waals surface area contributed by atoms with Crippen LogP contribution < -0.4 is 5.32 Å². The number of carbonyl (C=O) groups is 1. The maximum absolute atomic E-state index is 10.3. The van der Waals surface area contributed by atoms with E-state index >= 15 is 0 Å². The van der Waals surface area contributed by atoms with Gasteiger partial charge in [0, 0.05) is 0 Å². The smallest absolute Gasteiger partial charge is 0.322 e. The summed E-state index contributed by atoms with van der Waals surface area (Å²) in [5.74, 6) is -0.992. The first-order chi connectivity index (χ1) is 6.65. The standard InChI is InChI=1S/C9H7ClN2O2/c10-7-2-1-3-8(6(7)4-11)12-5-9(13)14/h1-3,12H,5H2,(H,13,14). The molecule has 1 aromatic carbocycles. The third-order valence-electron chi connectivity index (χ3n) is 1.56. The van der Waals surface area contributed by atoms with Gasteiger partial charge in [0.2, 0.25) is 0 Å². The fourth-order valence-corrected chi connectivity index (χ4v) is 1.17. The van der Waals surface area contributed by atoms with Crippen molar-refractivity contribution in [3.05, 3.63) is 28.8 Å². The maximum atomic E-state index is 10.3. The highest BCUT2D eigenvalue weighted by molar-refractivity contribution is 6.32. The van der Waals surface area contributed by atoms with Crippen LogP contribution in [0.25, 0.3) is 0 Å². The largest absolute Gasteiger partial charge is 0.480 e. The molecule has 0 aliphatic rings. The maximum Gasteiger partial charge on any atom is 0.322 e. The number of nitrogens with zero attached hydrogens (tertiary/aromatic N) is 1. The molecule has 0 spiro atoms. The fourth-order valence-electron chi connectivity index (χ4n) is 0.956. The number of nitrogens with one attached hydrogen (secondary N) is 1. The Kier molecular flexibility index (Phi) is 3.32. The van der Waals surface area contributed by atoms with Gasteiger partial charge in [-0.25, -0.2) is 0 Å². The van der Waals surface area contributed by atoms with Crippen LogP contribution >= 0.6 is 11.6 Å². The molecule has 0 fully saturated rings. The average Bonchev–Trinajstić information content (AvgIpc) is 2.14. The molecule has 5 heteroatoms. The zero-order valence-corrected chi connectivity index (χ0v) is 7.88. The summed E-state index contributed by atoms with van der Waals surface area (Å²) in [6, 6.07) is 6.73. The van der Waals surface area contributed by atoms with Gasteiger partial charge in [0.05, 0.1) is 16.3 Å². The number of halogens is 1. The van der Waals surface area contributed by atoms with Gasteiger partial charge in [-0.2, -0.15) is 5.26 Å². The Labute approximate surface area is 85.7 Å². The highest BCUT2D eigenvalue weighted by atomic mass is 35.5. The van der Waals surface area contributed by atoms with Gasteiger partial charge < -0.3 is 10.4 Å². The lowest BCUT2D eigenvalue weighted by Gasteiger charge is -2.05. The monoisotopic (exact) mass is 210 g/mol. The second kappa shape index (κ2) is 4.49. The van der Waals surface area contributed by atoms with Crippen LogP contribution in [0, 0.1) is 11.3 Å². The van der Waals surface area contributed by atoms with Gasteiger partial charge in [-0.3, -0.25) is 4.79 Å². The molecular weight excluding hydrogens is 204 g/mol. The number of carboxylic acid groups (broad SMARTS) is 1.